The smallest absolute Gasteiger partial charge is 0.441 e. The van der Waals surface area contributed by atoms with Gasteiger partial charge in [0.1, 0.15) is 5.52 Å². The molecule has 0 radical (unpaired) electrons. The van der Waals surface area contributed by atoms with Crippen LogP contribution in [0.15, 0.2) is 28.7 Å². The predicted molar refractivity (Wildman–Crippen MR) is 38.7 cm³/mol. The van der Waals surface area contributed by atoms with Crippen LogP contribution in [0.5, 0.6) is 0 Å². The monoisotopic (exact) mass is 156 g/mol. The quantitative estimate of drug-likeness (QED) is 0.464. The summed E-state index contributed by atoms with van der Waals surface area (Å²) in [6, 6.07) is 7.73. The SMILES string of the molecule is Cc1nc2ccccc2o1.[Na+]. The second kappa shape index (κ2) is 3.39. The van der Waals surface area contributed by atoms with Gasteiger partial charge in [0.05, 0.1) is 0 Å². The van der Waals surface area contributed by atoms with Crippen molar-refractivity contribution in [1.82, 2.24) is 4.98 Å². The molecule has 0 fully saturated rings. The first kappa shape index (κ1) is 8.78. The van der Waals surface area contributed by atoms with E-state index in [4.69, 9.17) is 4.42 Å². The van der Waals surface area contributed by atoms with Crippen molar-refractivity contribution >= 4 is 11.1 Å². The van der Waals surface area contributed by atoms with E-state index in [-0.39, 0.29) is 29.6 Å². The van der Waals surface area contributed by atoms with Crippen LogP contribution >= 0.6 is 0 Å². The molecule has 0 N–H and O–H groups in total. The van der Waals surface area contributed by atoms with Crippen LogP contribution < -0.4 is 29.6 Å². The molecule has 0 saturated carbocycles. The molecular weight excluding hydrogens is 149 g/mol. The second-order valence-corrected chi connectivity index (χ2v) is 2.20. The Hall–Kier alpha value is -0.310. The number of para-hydroxylation sites is 2. The molecule has 11 heavy (non-hydrogen) atoms. The van der Waals surface area contributed by atoms with Crippen LogP contribution in [-0.2, 0) is 0 Å². The maximum absolute atomic E-state index is 5.26. The van der Waals surface area contributed by atoms with Gasteiger partial charge in [-0.25, -0.2) is 4.98 Å². The maximum atomic E-state index is 5.26. The number of oxazole rings is 1. The Balaban J connectivity index is 0.000000605. The van der Waals surface area contributed by atoms with Crippen LogP contribution in [-0.4, -0.2) is 4.98 Å². The Kier molecular flexibility index (Phi) is 2.71. The van der Waals surface area contributed by atoms with Crippen molar-refractivity contribution in [1.29, 1.82) is 0 Å². The van der Waals surface area contributed by atoms with Gasteiger partial charge in [0.2, 0.25) is 0 Å². The Labute approximate surface area is 86.9 Å². The normalized spacial score (nSPS) is 9.55. The molecule has 0 atom stereocenters. The zero-order valence-electron chi connectivity index (χ0n) is 6.66. The predicted octanol–water partition coefficient (Wildman–Crippen LogP) is -0.860. The topological polar surface area (TPSA) is 26.0 Å². The van der Waals surface area contributed by atoms with Crippen LogP contribution in [0.25, 0.3) is 11.1 Å². The molecule has 0 saturated heterocycles. The van der Waals surface area contributed by atoms with E-state index < -0.39 is 0 Å². The van der Waals surface area contributed by atoms with Crippen molar-refractivity contribution in [3.05, 3.63) is 30.2 Å². The van der Waals surface area contributed by atoms with E-state index in [0.29, 0.717) is 0 Å². The Morgan fingerprint density at radius 2 is 2.00 bits per heavy atom. The molecule has 0 aliphatic carbocycles. The molecule has 0 amide bonds. The van der Waals surface area contributed by atoms with E-state index in [1.54, 1.807) is 0 Å². The number of aromatic nitrogens is 1. The van der Waals surface area contributed by atoms with Crippen molar-refractivity contribution in [3.8, 4) is 0 Å². The number of hydrogen-bond donors (Lipinski definition) is 0. The molecule has 1 heterocycles. The molecule has 0 aliphatic heterocycles. The average Bonchev–Trinajstić information content (AvgIpc) is 2.27. The summed E-state index contributed by atoms with van der Waals surface area (Å²) in [5.74, 6) is 0.723. The third-order valence-corrected chi connectivity index (χ3v) is 1.40. The molecule has 2 nitrogen and oxygen atoms in total. The Morgan fingerprint density at radius 3 is 2.73 bits per heavy atom. The van der Waals surface area contributed by atoms with Gasteiger partial charge in [-0.3, -0.25) is 0 Å². The Bertz CT molecular complexity index is 323. The van der Waals surface area contributed by atoms with Gasteiger partial charge in [0, 0.05) is 6.92 Å². The molecule has 0 bridgehead atoms. The summed E-state index contributed by atoms with van der Waals surface area (Å²) in [5.41, 5.74) is 1.79. The molecule has 0 unspecified atom stereocenters. The van der Waals surface area contributed by atoms with Crippen LogP contribution in [0.2, 0.25) is 0 Å². The van der Waals surface area contributed by atoms with E-state index in [1.165, 1.54) is 0 Å². The molecule has 1 aromatic carbocycles. The number of nitrogens with zero attached hydrogens (tertiary/aromatic N) is 1. The zero-order valence-corrected chi connectivity index (χ0v) is 8.66. The van der Waals surface area contributed by atoms with Gasteiger partial charge in [-0.2, -0.15) is 0 Å². The summed E-state index contributed by atoms with van der Waals surface area (Å²) in [4.78, 5) is 4.15. The Morgan fingerprint density at radius 1 is 1.27 bits per heavy atom. The first-order chi connectivity index (χ1) is 4.86. The number of fused-ring (bicyclic) bond motifs is 1. The van der Waals surface area contributed by atoms with Gasteiger partial charge in [0.25, 0.3) is 0 Å². The average molecular weight is 156 g/mol. The second-order valence-electron chi connectivity index (χ2n) is 2.20. The van der Waals surface area contributed by atoms with Crippen molar-refractivity contribution < 1.29 is 34.0 Å². The molecule has 3 heteroatoms. The van der Waals surface area contributed by atoms with Gasteiger partial charge in [-0.15, -0.1) is 0 Å². The molecule has 0 aliphatic rings. The largest absolute Gasteiger partial charge is 1.00 e. The standard InChI is InChI=1S/C8H7NO.Na/c1-6-9-7-4-2-3-5-8(7)10-6;/h2-5H,1H3;/q;+1. The fourth-order valence-corrected chi connectivity index (χ4v) is 0.987. The number of rotatable bonds is 0. The molecule has 0 spiro atoms. The molecule has 2 aromatic rings. The molecule has 1 aromatic heterocycles. The summed E-state index contributed by atoms with van der Waals surface area (Å²) < 4.78 is 5.26. The fraction of sp³-hybridized carbons (Fsp3) is 0.125. The molecule has 2 rings (SSSR count). The van der Waals surface area contributed by atoms with Crippen LogP contribution in [0.3, 0.4) is 0 Å². The van der Waals surface area contributed by atoms with E-state index in [9.17, 15) is 0 Å². The summed E-state index contributed by atoms with van der Waals surface area (Å²) in [6.45, 7) is 1.85. The summed E-state index contributed by atoms with van der Waals surface area (Å²) in [5, 5.41) is 0. The van der Waals surface area contributed by atoms with Crippen LogP contribution in [0.1, 0.15) is 5.89 Å². The van der Waals surface area contributed by atoms with Crippen molar-refractivity contribution in [2.75, 3.05) is 0 Å². The van der Waals surface area contributed by atoms with E-state index in [2.05, 4.69) is 4.98 Å². The third kappa shape index (κ3) is 1.64. The number of benzene rings is 1. The maximum Gasteiger partial charge on any atom is 1.00 e. The minimum atomic E-state index is 0. The van der Waals surface area contributed by atoms with Crippen LogP contribution in [0.4, 0.5) is 0 Å². The van der Waals surface area contributed by atoms with Gasteiger partial charge < -0.3 is 4.42 Å². The van der Waals surface area contributed by atoms with Crippen molar-refractivity contribution in [2.24, 2.45) is 0 Å². The first-order valence-electron chi connectivity index (χ1n) is 3.18. The summed E-state index contributed by atoms with van der Waals surface area (Å²) in [7, 11) is 0. The van der Waals surface area contributed by atoms with Gasteiger partial charge in [-0.05, 0) is 12.1 Å². The minimum Gasteiger partial charge on any atom is -0.441 e. The van der Waals surface area contributed by atoms with Gasteiger partial charge in [-0.1, -0.05) is 12.1 Å². The third-order valence-electron chi connectivity index (χ3n) is 1.40. The number of hydrogen-bond acceptors (Lipinski definition) is 2. The minimum absolute atomic E-state index is 0. The summed E-state index contributed by atoms with van der Waals surface area (Å²) >= 11 is 0. The van der Waals surface area contributed by atoms with E-state index in [0.717, 1.165) is 17.0 Å². The van der Waals surface area contributed by atoms with E-state index in [1.807, 2.05) is 31.2 Å². The molecule has 50 valence electrons. The molecular formula is C8H7NNaO+. The number of aryl methyl sites for hydroxylation is 1. The fourth-order valence-electron chi connectivity index (χ4n) is 0.987. The van der Waals surface area contributed by atoms with Crippen LogP contribution in [0, 0.1) is 6.92 Å². The first-order valence-corrected chi connectivity index (χ1v) is 3.18. The van der Waals surface area contributed by atoms with Crippen molar-refractivity contribution in [3.63, 3.8) is 0 Å². The van der Waals surface area contributed by atoms with Crippen molar-refractivity contribution in [2.45, 2.75) is 6.92 Å². The van der Waals surface area contributed by atoms with E-state index >= 15 is 0 Å². The van der Waals surface area contributed by atoms with Gasteiger partial charge in [0.15, 0.2) is 11.5 Å². The zero-order chi connectivity index (χ0) is 6.97. The summed E-state index contributed by atoms with van der Waals surface area (Å²) in [6.07, 6.45) is 0. The van der Waals surface area contributed by atoms with Gasteiger partial charge >= 0.3 is 29.6 Å².